The number of para-hydroxylation sites is 2. The van der Waals surface area contributed by atoms with Gasteiger partial charge < -0.3 is 19.8 Å². The number of rotatable bonds is 8. The van der Waals surface area contributed by atoms with Gasteiger partial charge in [-0.15, -0.1) is 0 Å². The summed E-state index contributed by atoms with van der Waals surface area (Å²) in [6, 6.07) is 17.7. The molecule has 0 radical (unpaired) electrons. The van der Waals surface area contributed by atoms with Gasteiger partial charge in [0.1, 0.15) is 0 Å². The highest BCUT2D eigenvalue weighted by Crippen LogP contribution is 2.41. The second kappa shape index (κ2) is 9.34. The van der Waals surface area contributed by atoms with Crippen LogP contribution in [0.25, 0.3) is 10.9 Å². The summed E-state index contributed by atoms with van der Waals surface area (Å²) in [5, 5.41) is 4.10. The van der Waals surface area contributed by atoms with Gasteiger partial charge in [-0.2, -0.15) is 0 Å². The van der Waals surface area contributed by atoms with E-state index in [1.165, 1.54) is 0 Å². The molecule has 2 N–H and O–H groups in total. The first-order chi connectivity index (χ1) is 15.2. The number of amides is 1. The van der Waals surface area contributed by atoms with Crippen LogP contribution in [-0.2, 0) is 11.3 Å². The van der Waals surface area contributed by atoms with Crippen molar-refractivity contribution < 1.29 is 14.3 Å². The van der Waals surface area contributed by atoms with Crippen LogP contribution in [0.5, 0.6) is 11.5 Å². The Balaban J connectivity index is 1.69. The average molecular weight is 415 g/mol. The summed E-state index contributed by atoms with van der Waals surface area (Å²) in [5.41, 5.74) is 3.93. The summed E-state index contributed by atoms with van der Waals surface area (Å²) in [6.45, 7) is 0.433. The lowest BCUT2D eigenvalue weighted by atomic mass is 9.87. The minimum Gasteiger partial charge on any atom is -0.493 e. The number of nitrogens with zero attached hydrogens (tertiary/aromatic N) is 1. The minimum atomic E-state index is -0.213. The number of carbonyl (C=O) groups excluding carboxylic acids is 1. The first-order valence-corrected chi connectivity index (χ1v) is 10.1. The minimum absolute atomic E-state index is 0.0518. The quantitative estimate of drug-likeness (QED) is 0.447. The van der Waals surface area contributed by atoms with Gasteiger partial charge >= 0.3 is 0 Å². The standard InChI is InChI=1S/C25H25N3O3/c1-30-23-11-5-9-19(25(23)31-2)20(21-16-27-22-10-4-3-8-18(21)22)13-24(29)28-15-17-7-6-12-26-14-17/h3-12,14,16,20,27H,13,15H2,1-2H3,(H,28,29)/t20-/m1/s1. The fraction of sp³-hybridized carbons (Fsp3) is 0.200. The van der Waals surface area contributed by atoms with Gasteiger partial charge in [-0.05, 0) is 29.3 Å². The Morgan fingerprint density at radius 1 is 1.03 bits per heavy atom. The molecule has 1 amide bonds. The molecule has 0 saturated heterocycles. The molecule has 0 saturated carbocycles. The Labute approximate surface area is 181 Å². The first-order valence-electron chi connectivity index (χ1n) is 10.1. The lowest BCUT2D eigenvalue weighted by molar-refractivity contribution is -0.121. The van der Waals surface area contributed by atoms with E-state index in [4.69, 9.17) is 9.47 Å². The molecule has 4 aromatic rings. The summed E-state index contributed by atoms with van der Waals surface area (Å²) in [4.78, 5) is 20.4. The van der Waals surface area contributed by atoms with Gasteiger partial charge in [0.2, 0.25) is 5.91 Å². The van der Waals surface area contributed by atoms with Crippen LogP contribution in [0.1, 0.15) is 29.0 Å². The first kappa shape index (κ1) is 20.5. The van der Waals surface area contributed by atoms with Gasteiger partial charge in [-0.1, -0.05) is 36.4 Å². The predicted molar refractivity (Wildman–Crippen MR) is 120 cm³/mol. The number of hydrogen-bond acceptors (Lipinski definition) is 4. The number of aromatic amines is 1. The molecule has 0 aliphatic rings. The van der Waals surface area contributed by atoms with Crippen molar-refractivity contribution in [1.29, 1.82) is 0 Å². The topological polar surface area (TPSA) is 76.2 Å². The van der Waals surface area contributed by atoms with E-state index >= 15 is 0 Å². The van der Waals surface area contributed by atoms with Crippen LogP contribution in [0, 0.1) is 0 Å². The maximum Gasteiger partial charge on any atom is 0.221 e. The Bertz CT molecular complexity index is 1170. The number of hydrogen-bond donors (Lipinski definition) is 2. The van der Waals surface area contributed by atoms with Crippen molar-refractivity contribution in [2.75, 3.05) is 14.2 Å². The largest absolute Gasteiger partial charge is 0.493 e. The number of H-pyrrole nitrogens is 1. The van der Waals surface area contributed by atoms with E-state index in [-0.39, 0.29) is 18.2 Å². The fourth-order valence-electron chi connectivity index (χ4n) is 3.92. The molecule has 6 nitrogen and oxygen atoms in total. The highest BCUT2D eigenvalue weighted by atomic mass is 16.5. The van der Waals surface area contributed by atoms with Crippen molar-refractivity contribution in [1.82, 2.24) is 15.3 Å². The molecule has 2 aromatic carbocycles. The molecule has 4 rings (SSSR count). The third kappa shape index (κ3) is 4.38. The zero-order valence-electron chi connectivity index (χ0n) is 17.6. The van der Waals surface area contributed by atoms with Crippen molar-refractivity contribution in [2.45, 2.75) is 18.9 Å². The lowest BCUT2D eigenvalue weighted by Crippen LogP contribution is -2.25. The zero-order chi connectivity index (χ0) is 21.6. The van der Waals surface area contributed by atoms with Crippen molar-refractivity contribution in [3.8, 4) is 11.5 Å². The summed E-state index contributed by atoms with van der Waals surface area (Å²) in [5.74, 6) is 1.01. The van der Waals surface area contributed by atoms with E-state index in [0.29, 0.717) is 18.0 Å². The molecule has 0 aliphatic heterocycles. The Morgan fingerprint density at radius 2 is 1.90 bits per heavy atom. The van der Waals surface area contributed by atoms with Crippen LogP contribution in [0.15, 0.2) is 73.2 Å². The number of ether oxygens (including phenoxy) is 2. The van der Waals surface area contributed by atoms with Crippen LogP contribution in [0.2, 0.25) is 0 Å². The van der Waals surface area contributed by atoms with Gasteiger partial charge in [0, 0.05) is 53.9 Å². The van der Waals surface area contributed by atoms with Crippen molar-refractivity contribution >= 4 is 16.8 Å². The summed E-state index contributed by atoms with van der Waals surface area (Å²) >= 11 is 0. The van der Waals surface area contributed by atoms with Crippen molar-refractivity contribution in [3.05, 3.63) is 89.9 Å². The molecule has 6 heteroatoms. The highest BCUT2D eigenvalue weighted by Gasteiger charge is 2.26. The Hall–Kier alpha value is -3.80. The number of nitrogens with one attached hydrogen (secondary N) is 2. The summed E-state index contributed by atoms with van der Waals surface area (Å²) in [6.07, 6.45) is 5.71. The lowest BCUT2D eigenvalue weighted by Gasteiger charge is -2.21. The van der Waals surface area contributed by atoms with Gasteiger partial charge in [-0.3, -0.25) is 9.78 Å². The second-order valence-corrected chi connectivity index (χ2v) is 7.27. The van der Waals surface area contributed by atoms with Gasteiger partial charge in [-0.25, -0.2) is 0 Å². The fourth-order valence-corrected chi connectivity index (χ4v) is 3.92. The number of fused-ring (bicyclic) bond motifs is 1. The number of carbonyl (C=O) groups is 1. The summed E-state index contributed by atoms with van der Waals surface area (Å²) in [7, 11) is 3.24. The van der Waals surface area contributed by atoms with E-state index in [9.17, 15) is 4.79 Å². The van der Waals surface area contributed by atoms with E-state index in [2.05, 4.69) is 21.4 Å². The third-order valence-electron chi connectivity index (χ3n) is 5.41. The normalized spacial score (nSPS) is 11.8. The van der Waals surface area contributed by atoms with Crippen LogP contribution in [0.3, 0.4) is 0 Å². The van der Waals surface area contributed by atoms with Crippen molar-refractivity contribution in [2.24, 2.45) is 0 Å². The van der Waals surface area contributed by atoms with E-state index in [0.717, 1.165) is 27.6 Å². The van der Waals surface area contributed by atoms with E-state index in [1.54, 1.807) is 26.6 Å². The smallest absolute Gasteiger partial charge is 0.221 e. The van der Waals surface area contributed by atoms with Crippen LogP contribution < -0.4 is 14.8 Å². The molecule has 31 heavy (non-hydrogen) atoms. The van der Waals surface area contributed by atoms with Gasteiger partial charge in [0.05, 0.1) is 14.2 Å². The van der Waals surface area contributed by atoms with Gasteiger partial charge in [0.15, 0.2) is 11.5 Å². The van der Waals surface area contributed by atoms with E-state index < -0.39 is 0 Å². The molecule has 2 heterocycles. The zero-order valence-corrected chi connectivity index (χ0v) is 17.6. The third-order valence-corrected chi connectivity index (χ3v) is 5.41. The second-order valence-electron chi connectivity index (χ2n) is 7.27. The molecule has 1 atom stereocenters. The SMILES string of the molecule is COc1cccc([C@@H](CC(=O)NCc2cccnc2)c2c[nH]c3ccccc23)c1OC. The number of pyridine rings is 1. The van der Waals surface area contributed by atoms with Crippen LogP contribution >= 0.6 is 0 Å². The molecular formula is C25H25N3O3. The van der Waals surface area contributed by atoms with Crippen molar-refractivity contribution in [3.63, 3.8) is 0 Å². The predicted octanol–water partition coefficient (Wildman–Crippen LogP) is 4.42. The molecule has 0 aliphatic carbocycles. The number of methoxy groups -OCH3 is 2. The molecule has 158 valence electrons. The molecule has 0 spiro atoms. The van der Waals surface area contributed by atoms with E-state index in [1.807, 2.05) is 54.7 Å². The monoisotopic (exact) mass is 415 g/mol. The number of aromatic nitrogens is 2. The summed E-state index contributed by atoms with van der Waals surface area (Å²) < 4.78 is 11.2. The molecular weight excluding hydrogens is 390 g/mol. The molecule has 2 aromatic heterocycles. The van der Waals surface area contributed by atoms with Crippen LogP contribution in [-0.4, -0.2) is 30.1 Å². The average Bonchev–Trinajstić information content (AvgIpc) is 3.25. The maximum absolute atomic E-state index is 13.0. The van der Waals surface area contributed by atoms with Crippen LogP contribution in [0.4, 0.5) is 0 Å². The maximum atomic E-state index is 13.0. The molecule has 0 unspecified atom stereocenters. The Morgan fingerprint density at radius 3 is 2.68 bits per heavy atom. The number of benzene rings is 2. The van der Waals surface area contributed by atoms with Gasteiger partial charge in [0.25, 0.3) is 0 Å². The molecule has 0 bridgehead atoms. The molecule has 0 fully saturated rings. The Kier molecular flexibility index (Phi) is 6.17. The highest BCUT2D eigenvalue weighted by molar-refractivity contribution is 5.86.